The Bertz CT molecular complexity index is 723. The third kappa shape index (κ3) is 3.26. The van der Waals surface area contributed by atoms with Gasteiger partial charge in [-0.15, -0.1) is 0 Å². The van der Waals surface area contributed by atoms with Gasteiger partial charge in [0.25, 0.3) is 0 Å². The van der Waals surface area contributed by atoms with Crippen molar-refractivity contribution in [2.75, 3.05) is 11.4 Å². The van der Waals surface area contributed by atoms with Gasteiger partial charge in [0, 0.05) is 12.5 Å². The molecule has 2 heterocycles. The third-order valence-electron chi connectivity index (χ3n) is 3.97. The minimum absolute atomic E-state index is 0.0150. The lowest BCUT2D eigenvalue weighted by Gasteiger charge is -2.27. The van der Waals surface area contributed by atoms with Gasteiger partial charge in [-0.3, -0.25) is 14.5 Å². The molecule has 6 nitrogen and oxygen atoms in total. The Labute approximate surface area is 135 Å². The van der Waals surface area contributed by atoms with Crippen LogP contribution in [0.4, 0.5) is 5.82 Å². The number of nitrogens with zero attached hydrogens (tertiary/aromatic N) is 3. The van der Waals surface area contributed by atoms with Crippen LogP contribution >= 0.6 is 0 Å². The molecule has 2 aromatic rings. The highest BCUT2D eigenvalue weighted by Gasteiger charge is 2.27. The van der Waals surface area contributed by atoms with E-state index in [1.54, 1.807) is 4.68 Å². The first kappa shape index (κ1) is 15.3. The fourth-order valence-corrected chi connectivity index (χ4v) is 2.80. The molecular weight excluding hydrogens is 292 g/mol. The van der Waals surface area contributed by atoms with Gasteiger partial charge in [0.2, 0.25) is 11.8 Å². The maximum absolute atomic E-state index is 12.3. The normalized spacial score (nSPS) is 15.2. The lowest BCUT2D eigenvalue weighted by molar-refractivity contribution is -0.124. The molecule has 0 fully saturated rings. The van der Waals surface area contributed by atoms with E-state index in [-0.39, 0.29) is 24.4 Å². The minimum Gasteiger partial charge on any atom is -0.348 e. The maximum Gasteiger partial charge on any atom is 0.240 e. The number of hydrogen-bond donors (Lipinski definition) is 1. The Kier molecular flexibility index (Phi) is 4.14. The smallest absolute Gasteiger partial charge is 0.240 e. The van der Waals surface area contributed by atoms with Crippen LogP contribution in [0.3, 0.4) is 0 Å². The van der Waals surface area contributed by atoms with Crippen LogP contribution in [0, 0.1) is 6.92 Å². The molecule has 23 heavy (non-hydrogen) atoms. The summed E-state index contributed by atoms with van der Waals surface area (Å²) in [6, 6.07) is 11.5. The van der Waals surface area contributed by atoms with Crippen LogP contribution < -0.4 is 10.2 Å². The number of nitrogens with one attached hydrogen (secondary N) is 1. The Morgan fingerprint density at radius 1 is 1.35 bits per heavy atom. The summed E-state index contributed by atoms with van der Waals surface area (Å²) in [6.45, 7) is 4.40. The first-order valence-corrected chi connectivity index (χ1v) is 7.73. The molecule has 3 rings (SSSR count). The Hall–Kier alpha value is -2.63. The van der Waals surface area contributed by atoms with Crippen molar-refractivity contribution in [1.29, 1.82) is 0 Å². The van der Waals surface area contributed by atoms with Crippen LogP contribution in [0.2, 0.25) is 0 Å². The van der Waals surface area contributed by atoms with Crippen LogP contribution in [0.25, 0.3) is 0 Å². The minimum atomic E-state index is -0.179. The fraction of sp³-hybridized carbons (Fsp3) is 0.353. The number of anilines is 1. The van der Waals surface area contributed by atoms with E-state index in [9.17, 15) is 9.59 Å². The summed E-state index contributed by atoms with van der Waals surface area (Å²) in [5.74, 6) is 0.475. The molecule has 0 aliphatic carbocycles. The summed E-state index contributed by atoms with van der Waals surface area (Å²) in [4.78, 5) is 26.0. The molecule has 1 aromatic heterocycles. The van der Waals surface area contributed by atoms with Crippen molar-refractivity contribution in [3.8, 4) is 0 Å². The lowest BCUT2D eigenvalue weighted by Crippen LogP contribution is -2.44. The van der Waals surface area contributed by atoms with E-state index in [2.05, 4.69) is 10.4 Å². The van der Waals surface area contributed by atoms with Crippen LogP contribution in [0.15, 0.2) is 36.4 Å². The number of fused-ring (bicyclic) bond motifs is 1. The first-order chi connectivity index (χ1) is 11.0. The molecule has 0 radical (unpaired) electrons. The van der Waals surface area contributed by atoms with E-state index in [1.807, 2.05) is 50.2 Å². The van der Waals surface area contributed by atoms with Crippen LogP contribution in [-0.2, 0) is 16.1 Å². The molecule has 0 saturated carbocycles. The second kappa shape index (κ2) is 6.24. The average molecular weight is 312 g/mol. The molecule has 2 amide bonds. The summed E-state index contributed by atoms with van der Waals surface area (Å²) in [5.41, 5.74) is 1.88. The molecule has 0 spiro atoms. The molecule has 1 N–H and O–H groups in total. The Morgan fingerprint density at radius 3 is 2.83 bits per heavy atom. The summed E-state index contributed by atoms with van der Waals surface area (Å²) in [6.07, 6.45) is 0.371. The molecule has 1 aromatic carbocycles. The number of hydrogen-bond acceptors (Lipinski definition) is 3. The van der Waals surface area contributed by atoms with Crippen molar-refractivity contribution in [3.63, 3.8) is 0 Å². The van der Waals surface area contributed by atoms with Gasteiger partial charge >= 0.3 is 0 Å². The summed E-state index contributed by atoms with van der Waals surface area (Å²) in [7, 11) is 0. The Morgan fingerprint density at radius 2 is 2.09 bits per heavy atom. The lowest BCUT2D eigenvalue weighted by atomic mass is 10.1. The molecular formula is C17H20N4O2. The predicted octanol–water partition coefficient (Wildman–Crippen LogP) is 1.81. The average Bonchev–Trinajstić information content (AvgIpc) is 2.92. The van der Waals surface area contributed by atoms with E-state index >= 15 is 0 Å². The number of amides is 2. The second-order valence-electron chi connectivity index (χ2n) is 5.80. The number of benzene rings is 1. The SMILES string of the molecule is Cc1cc2n(n1)CCC(=O)N2CC(=O)N[C@H](C)c1ccccc1. The number of aryl methyl sites for hydroxylation is 2. The van der Waals surface area contributed by atoms with E-state index in [1.165, 1.54) is 4.90 Å². The second-order valence-corrected chi connectivity index (χ2v) is 5.80. The molecule has 0 unspecified atom stereocenters. The van der Waals surface area contributed by atoms with Gasteiger partial charge in [-0.1, -0.05) is 30.3 Å². The summed E-state index contributed by atoms with van der Waals surface area (Å²) in [5, 5.41) is 7.28. The Balaban J connectivity index is 1.69. The van der Waals surface area contributed by atoms with Gasteiger partial charge in [-0.25, -0.2) is 4.68 Å². The highest BCUT2D eigenvalue weighted by Crippen LogP contribution is 2.22. The number of carbonyl (C=O) groups is 2. The van der Waals surface area contributed by atoms with Crippen molar-refractivity contribution in [1.82, 2.24) is 15.1 Å². The van der Waals surface area contributed by atoms with Crippen molar-refractivity contribution < 1.29 is 9.59 Å². The zero-order valence-electron chi connectivity index (χ0n) is 13.3. The summed E-state index contributed by atoms with van der Waals surface area (Å²) >= 11 is 0. The number of rotatable bonds is 4. The van der Waals surface area contributed by atoms with Crippen LogP contribution in [-0.4, -0.2) is 28.1 Å². The quantitative estimate of drug-likeness (QED) is 0.936. The molecule has 0 saturated heterocycles. The van der Waals surface area contributed by atoms with Crippen molar-refractivity contribution in [2.24, 2.45) is 0 Å². The number of aromatic nitrogens is 2. The van der Waals surface area contributed by atoms with Crippen molar-refractivity contribution >= 4 is 17.6 Å². The monoisotopic (exact) mass is 312 g/mol. The van der Waals surface area contributed by atoms with Crippen LogP contribution in [0.1, 0.15) is 30.6 Å². The van der Waals surface area contributed by atoms with E-state index in [0.717, 1.165) is 11.3 Å². The molecule has 1 atom stereocenters. The molecule has 120 valence electrons. The first-order valence-electron chi connectivity index (χ1n) is 7.73. The summed E-state index contributed by atoms with van der Waals surface area (Å²) < 4.78 is 1.78. The topological polar surface area (TPSA) is 67.2 Å². The van der Waals surface area contributed by atoms with E-state index in [0.29, 0.717) is 18.8 Å². The van der Waals surface area contributed by atoms with Gasteiger partial charge in [0.05, 0.1) is 18.3 Å². The predicted molar refractivity (Wildman–Crippen MR) is 86.9 cm³/mol. The van der Waals surface area contributed by atoms with Gasteiger partial charge in [0.15, 0.2) is 0 Å². The van der Waals surface area contributed by atoms with Crippen molar-refractivity contribution in [3.05, 3.63) is 47.7 Å². The van der Waals surface area contributed by atoms with Gasteiger partial charge in [-0.05, 0) is 19.4 Å². The van der Waals surface area contributed by atoms with Gasteiger partial charge in [0.1, 0.15) is 12.4 Å². The number of carbonyl (C=O) groups excluding carboxylic acids is 2. The third-order valence-corrected chi connectivity index (χ3v) is 3.97. The largest absolute Gasteiger partial charge is 0.348 e. The standard InChI is InChI=1S/C17H20N4O2/c1-12-10-16-20(17(23)8-9-21(16)19-12)11-15(22)18-13(2)14-6-4-3-5-7-14/h3-7,10,13H,8-9,11H2,1-2H3,(H,18,22)/t13-/m1/s1. The maximum atomic E-state index is 12.3. The van der Waals surface area contributed by atoms with Crippen molar-refractivity contribution in [2.45, 2.75) is 32.9 Å². The zero-order valence-corrected chi connectivity index (χ0v) is 13.3. The fourth-order valence-electron chi connectivity index (χ4n) is 2.80. The van der Waals surface area contributed by atoms with Crippen LogP contribution in [0.5, 0.6) is 0 Å². The zero-order chi connectivity index (χ0) is 16.4. The highest BCUT2D eigenvalue weighted by molar-refractivity contribution is 5.99. The van der Waals surface area contributed by atoms with Gasteiger partial charge in [-0.2, -0.15) is 5.10 Å². The molecule has 1 aliphatic heterocycles. The van der Waals surface area contributed by atoms with E-state index < -0.39 is 0 Å². The van der Waals surface area contributed by atoms with E-state index in [4.69, 9.17) is 0 Å². The van der Waals surface area contributed by atoms with Gasteiger partial charge < -0.3 is 5.32 Å². The molecule has 6 heteroatoms. The molecule has 0 bridgehead atoms. The highest BCUT2D eigenvalue weighted by atomic mass is 16.2. The molecule has 1 aliphatic rings.